The van der Waals surface area contributed by atoms with Gasteiger partial charge < -0.3 is 16.0 Å². The lowest BCUT2D eigenvalue weighted by Gasteiger charge is -2.29. The Kier molecular flexibility index (Phi) is 5.41. The first-order valence-corrected chi connectivity index (χ1v) is 7.55. The Morgan fingerprint density at radius 1 is 1.10 bits per heavy atom. The van der Waals surface area contributed by atoms with Crippen molar-refractivity contribution in [3.05, 3.63) is 29.8 Å². The molecule has 2 rings (SSSR count). The highest BCUT2D eigenvalue weighted by molar-refractivity contribution is 5.89. The molecule has 0 aromatic heterocycles. The number of carbonyl (C=O) groups excluding carboxylic acids is 1. The summed E-state index contributed by atoms with van der Waals surface area (Å²) in [6.07, 6.45) is 4.39. The molecule has 0 heterocycles. The van der Waals surface area contributed by atoms with E-state index in [1.54, 1.807) is 0 Å². The van der Waals surface area contributed by atoms with Crippen LogP contribution in [-0.4, -0.2) is 24.7 Å². The van der Waals surface area contributed by atoms with Crippen molar-refractivity contribution < 1.29 is 4.79 Å². The van der Waals surface area contributed by atoms with Crippen LogP contribution < -0.4 is 16.0 Å². The first kappa shape index (κ1) is 14.9. The number of hydrogen-bond donors (Lipinski definition) is 3. The fourth-order valence-corrected chi connectivity index (χ4v) is 2.72. The maximum atomic E-state index is 11.9. The van der Waals surface area contributed by atoms with E-state index < -0.39 is 0 Å². The highest BCUT2D eigenvalue weighted by Gasteiger charge is 2.21. The lowest BCUT2D eigenvalue weighted by atomic mass is 9.91. The summed E-state index contributed by atoms with van der Waals surface area (Å²) in [5, 5.41) is 9.43. The lowest BCUT2D eigenvalue weighted by molar-refractivity contribution is 0.240. The van der Waals surface area contributed by atoms with E-state index in [1.807, 2.05) is 31.2 Å². The van der Waals surface area contributed by atoms with E-state index in [0.29, 0.717) is 12.1 Å². The molecule has 1 aliphatic carbocycles. The molecule has 3 N–H and O–H groups in total. The number of hydrogen-bond acceptors (Lipinski definition) is 2. The number of aryl methyl sites for hydroxylation is 1. The van der Waals surface area contributed by atoms with Gasteiger partial charge in [-0.1, -0.05) is 24.6 Å². The second-order valence-electron chi connectivity index (χ2n) is 5.57. The van der Waals surface area contributed by atoms with Gasteiger partial charge in [0, 0.05) is 17.8 Å². The Balaban J connectivity index is 1.74. The minimum atomic E-state index is -0.0965. The van der Waals surface area contributed by atoms with Crippen molar-refractivity contribution >= 4 is 11.7 Å². The zero-order chi connectivity index (χ0) is 14.4. The number of amides is 2. The summed E-state index contributed by atoms with van der Waals surface area (Å²) >= 11 is 0. The Hall–Kier alpha value is -1.55. The van der Waals surface area contributed by atoms with Crippen LogP contribution in [0.1, 0.15) is 38.2 Å². The van der Waals surface area contributed by atoms with Crippen molar-refractivity contribution in [2.24, 2.45) is 0 Å². The van der Waals surface area contributed by atoms with Gasteiger partial charge in [-0.25, -0.2) is 4.79 Å². The predicted octanol–water partition coefficient (Wildman–Crippen LogP) is 3.04. The third kappa shape index (κ3) is 4.53. The van der Waals surface area contributed by atoms with E-state index in [2.05, 4.69) is 22.9 Å². The molecule has 2 amide bonds. The molecule has 1 aromatic carbocycles. The van der Waals surface area contributed by atoms with Crippen LogP contribution in [0.2, 0.25) is 0 Å². The van der Waals surface area contributed by atoms with Gasteiger partial charge in [-0.2, -0.15) is 0 Å². The second kappa shape index (κ2) is 7.29. The summed E-state index contributed by atoms with van der Waals surface area (Å²) in [5.41, 5.74) is 2.03. The molecule has 1 saturated carbocycles. The van der Waals surface area contributed by atoms with E-state index in [-0.39, 0.29) is 6.03 Å². The van der Waals surface area contributed by atoms with Crippen LogP contribution in [0.3, 0.4) is 0 Å². The van der Waals surface area contributed by atoms with Crippen molar-refractivity contribution in [3.8, 4) is 0 Å². The van der Waals surface area contributed by atoms with Gasteiger partial charge in [0.1, 0.15) is 0 Å². The molecule has 110 valence electrons. The van der Waals surface area contributed by atoms with Crippen LogP contribution >= 0.6 is 0 Å². The molecular formula is C16H25N3O. The monoisotopic (exact) mass is 275 g/mol. The van der Waals surface area contributed by atoms with Gasteiger partial charge in [0.25, 0.3) is 0 Å². The summed E-state index contributed by atoms with van der Waals surface area (Å²) < 4.78 is 0. The third-order valence-electron chi connectivity index (χ3n) is 3.86. The van der Waals surface area contributed by atoms with Gasteiger partial charge in [-0.15, -0.1) is 0 Å². The van der Waals surface area contributed by atoms with Crippen molar-refractivity contribution in [1.82, 2.24) is 10.6 Å². The highest BCUT2D eigenvalue weighted by atomic mass is 16.2. The topological polar surface area (TPSA) is 53.2 Å². The number of anilines is 1. The SMILES string of the molecule is CCNC1CCC(NC(=O)Nc2ccc(C)cc2)CC1. The van der Waals surface area contributed by atoms with Crippen LogP contribution in [0.15, 0.2) is 24.3 Å². The van der Waals surface area contributed by atoms with Crippen LogP contribution in [-0.2, 0) is 0 Å². The van der Waals surface area contributed by atoms with E-state index in [9.17, 15) is 4.79 Å². The summed E-state index contributed by atoms with van der Waals surface area (Å²) in [4.78, 5) is 11.9. The maximum Gasteiger partial charge on any atom is 0.319 e. The molecule has 4 nitrogen and oxygen atoms in total. The third-order valence-corrected chi connectivity index (χ3v) is 3.86. The number of rotatable bonds is 4. The van der Waals surface area contributed by atoms with Crippen molar-refractivity contribution in [2.45, 2.75) is 51.6 Å². The van der Waals surface area contributed by atoms with Crippen molar-refractivity contribution in [1.29, 1.82) is 0 Å². The molecule has 0 unspecified atom stereocenters. The molecule has 0 radical (unpaired) electrons. The van der Waals surface area contributed by atoms with Gasteiger partial charge >= 0.3 is 6.03 Å². The predicted molar refractivity (Wildman–Crippen MR) is 83.1 cm³/mol. The van der Waals surface area contributed by atoms with Crippen LogP contribution in [0.4, 0.5) is 10.5 Å². The molecule has 1 aliphatic rings. The molecule has 4 heteroatoms. The molecular weight excluding hydrogens is 250 g/mol. The summed E-state index contributed by atoms with van der Waals surface area (Å²) in [7, 11) is 0. The highest BCUT2D eigenvalue weighted by Crippen LogP contribution is 2.18. The zero-order valence-electron chi connectivity index (χ0n) is 12.4. The largest absolute Gasteiger partial charge is 0.335 e. The van der Waals surface area contributed by atoms with Gasteiger partial charge in [0.05, 0.1) is 0 Å². The van der Waals surface area contributed by atoms with Crippen LogP contribution in [0.5, 0.6) is 0 Å². The summed E-state index contributed by atoms with van der Waals surface area (Å²) in [6.45, 7) is 5.20. The van der Waals surface area contributed by atoms with E-state index >= 15 is 0 Å². The fraction of sp³-hybridized carbons (Fsp3) is 0.562. The molecule has 0 aliphatic heterocycles. The average molecular weight is 275 g/mol. The molecule has 1 aromatic rings. The van der Waals surface area contributed by atoms with Crippen LogP contribution in [0, 0.1) is 6.92 Å². The molecule has 1 fully saturated rings. The molecule has 0 atom stereocenters. The minimum absolute atomic E-state index is 0.0965. The normalized spacial score (nSPS) is 22.3. The quantitative estimate of drug-likeness (QED) is 0.791. The molecule has 0 bridgehead atoms. The minimum Gasteiger partial charge on any atom is -0.335 e. The smallest absolute Gasteiger partial charge is 0.319 e. The standard InChI is InChI=1S/C16H25N3O/c1-3-17-13-8-10-15(11-9-13)19-16(20)18-14-6-4-12(2)5-7-14/h4-7,13,15,17H,3,8-11H2,1-2H3,(H2,18,19,20). The molecule has 20 heavy (non-hydrogen) atoms. The molecule has 0 saturated heterocycles. The number of benzene rings is 1. The van der Waals surface area contributed by atoms with E-state index in [1.165, 1.54) is 5.56 Å². The number of urea groups is 1. The first-order valence-electron chi connectivity index (χ1n) is 7.55. The first-order chi connectivity index (χ1) is 9.67. The van der Waals surface area contributed by atoms with Gasteiger partial charge in [-0.05, 0) is 51.3 Å². The zero-order valence-corrected chi connectivity index (χ0v) is 12.4. The maximum absolute atomic E-state index is 11.9. The van der Waals surface area contributed by atoms with Gasteiger partial charge in [0.2, 0.25) is 0 Å². The Bertz CT molecular complexity index is 422. The Morgan fingerprint density at radius 2 is 1.70 bits per heavy atom. The number of carbonyl (C=O) groups is 1. The Morgan fingerprint density at radius 3 is 2.30 bits per heavy atom. The number of nitrogens with one attached hydrogen (secondary N) is 3. The second-order valence-corrected chi connectivity index (χ2v) is 5.57. The summed E-state index contributed by atoms with van der Waals surface area (Å²) in [5.74, 6) is 0. The average Bonchev–Trinajstić information content (AvgIpc) is 2.44. The van der Waals surface area contributed by atoms with E-state index in [4.69, 9.17) is 0 Å². The van der Waals surface area contributed by atoms with Crippen molar-refractivity contribution in [3.63, 3.8) is 0 Å². The molecule has 0 spiro atoms. The van der Waals surface area contributed by atoms with Gasteiger partial charge in [-0.3, -0.25) is 0 Å². The van der Waals surface area contributed by atoms with Crippen molar-refractivity contribution in [2.75, 3.05) is 11.9 Å². The van der Waals surface area contributed by atoms with Crippen LogP contribution in [0.25, 0.3) is 0 Å². The summed E-state index contributed by atoms with van der Waals surface area (Å²) in [6, 6.07) is 8.68. The van der Waals surface area contributed by atoms with E-state index in [0.717, 1.165) is 37.9 Å². The van der Waals surface area contributed by atoms with Gasteiger partial charge in [0.15, 0.2) is 0 Å². The fourth-order valence-electron chi connectivity index (χ4n) is 2.72. The lowest BCUT2D eigenvalue weighted by Crippen LogP contribution is -2.43. The Labute approximate surface area is 121 Å².